The van der Waals surface area contributed by atoms with E-state index < -0.39 is 5.97 Å². The third kappa shape index (κ3) is 3.51. The van der Waals surface area contributed by atoms with Gasteiger partial charge < -0.3 is 10.8 Å². The fourth-order valence-corrected chi connectivity index (χ4v) is 3.04. The molecule has 4 nitrogen and oxygen atoms in total. The van der Waals surface area contributed by atoms with E-state index >= 15 is 0 Å². The van der Waals surface area contributed by atoms with Crippen molar-refractivity contribution in [3.05, 3.63) is 29.3 Å². The van der Waals surface area contributed by atoms with Crippen molar-refractivity contribution in [3.8, 4) is 0 Å². The van der Waals surface area contributed by atoms with Crippen molar-refractivity contribution >= 4 is 11.7 Å². The van der Waals surface area contributed by atoms with E-state index in [0.717, 1.165) is 18.7 Å². The number of hydrogen-bond acceptors (Lipinski definition) is 3. The lowest BCUT2D eigenvalue weighted by atomic mass is 9.93. The molecule has 1 aromatic rings. The second-order valence-electron chi connectivity index (χ2n) is 5.57. The summed E-state index contributed by atoms with van der Waals surface area (Å²) in [4.78, 5) is 13.5. The summed E-state index contributed by atoms with van der Waals surface area (Å²) in [5.41, 5.74) is 7.93. The lowest BCUT2D eigenvalue weighted by Gasteiger charge is -2.33. The van der Waals surface area contributed by atoms with E-state index in [0.29, 0.717) is 17.3 Å². The molecule has 0 heterocycles. The summed E-state index contributed by atoms with van der Waals surface area (Å²) in [5, 5.41) is 9.09. The summed E-state index contributed by atoms with van der Waals surface area (Å²) < 4.78 is 0. The van der Waals surface area contributed by atoms with E-state index in [4.69, 9.17) is 10.8 Å². The van der Waals surface area contributed by atoms with Gasteiger partial charge >= 0.3 is 5.97 Å². The summed E-state index contributed by atoms with van der Waals surface area (Å²) in [6.45, 7) is 3.88. The van der Waals surface area contributed by atoms with Gasteiger partial charge in [-0.15, -0.1) is 0 Å². The Hall–Kier alpha value is -1.55. The average Bonchev–Trinajstić information content (AvgIpc) is 2.47. The van der Waals surface area contributed by atoms with Crippen LogP contribution in [0.2, 0.25) is 0 Å². The molecule has 0 atom stereocenters. The number of anilines is 1. The molecular weight excluding hydrogens is 252 g/mol. The summed E-state index contributed by atoms with van der Waals surface area (Å²) in [5.74, 6) is -0.896. The number of hydrogen-bond donors (Lipinski definition) is 2. The molecule has 4 heteroatoms. The van der Waals surface area contributed by atoms with Crippen LogP contribution in [0.1, 0.15) is 54.9 Å². The molecule has 1 aliphatic carbocycles. The van der Waals surface area contributed by atoms with Crippen LogP contribution in [0.5, 0.6) is 0 Å². The van der Waals surface area contributed by atoms with Crippen molar-refractivity contribution in [2.75, 3.05) is 12.3 Å². The molecular formula is C16H24N2O2. The van der Waals surface area contributed by atoms with E-state index in [9.17, 15) is 4.79 Å². The van der Waals surface area contributed by atoms with Crippen LogP contribution in [-0.4, -0.2) is 28.6 Å². The quantitative estimate of drug-likeness (QED) is 0.811. The topological polar surface area (TPSA) is 66.6 Å². The lowest BCUT2D eigenvalue weighted by Crippen LogP contribution is -2.36. The highest BCUT2D eigenvalue weighted by Gasteiger charge is 2.20. The molecule has 0 aliphatic heterocycles. The smallest absolute Gasteiger partial charge is 0.335 e. The molecule has 110 valence electrons. The van der Waals surface area contributed by atoms with Gasteiger partial charge in [-0.05, 0) is 43.1 Å². The van der Waals surface area contributed by atoms with Crippen LogP contribution < -0.4 is 5.73 Å². The van der Waals surface area contributed by atoms with Crippen LogP contribution in [-0.2, 0) is 6.54 Å². The third-order valence-electron chi connectivity index (χ3n) is 4.26. The van der Waals surface area contributed by atoms with Crippen molar-refractivity contribution in [2.45, 2.75) is 51.6 Å². The molecule has 0 aromatic heterocycles. The highest BCUT2D eigenvalue weighted by molar-refractivity contribution is 5.88. The normalized spacial score (nSPS) is 16.5. The van der Waals surface area contributed by atoms with Gasteiger partial charge in [-0.3, -0.25) is 4.90 Å². The second kappa shape index (κ2) is 6.75. The van der Waals surface area contributed by atoms with Gasteiger partial charge in [0.05, 0.1) is 5.56 Å². The van der Waals surface area contributed by atoms with Crippen LogP contribution in [0.3, 0.4) is 0 Å². The largest absolute Gasteiger partial charge is 0.478 e. The first kappa shape index (κ1) is 14.9. The highest BCUT2D eigenvalue weighted by atomic mass is 16.4. The van der Waals surface area contributed by atoms with Crippen molar-refractivity contribution in [2.24, 2.45) is 0 Å². The first-order valence-electron chi connectivity index (χ1n) is 7.47. The van der Waals surface area contributed by atoms with Gasteiger partial charge in [0.2, 0.25) is 0 Å². The molecule has 0 saturated heterocycles. The zero-order valence-electron chi connectivity index (χ0n) is 12.1. The maximum absolute atomic E-state index is 11.1. The Morgan fingerprint density at radius 2 is 2.05 bits per heavy atom. The molecule has 0 spiro atoms. The fourth-order valence-electron chi connectivity index (χ4n) is 3.04. The fraction of sp³-hybridized carbons (Fsp3) is 0.562. The van der Waals surface area contributed by atoms with Crippen molar-refractivity contribution < 1.29 is 9.90 Å². The Kier molecular flexibility index (Phi) is 5.01. The van der Waals surface area contributed by atoms with E-state index in [2.05, 4.69) is 11.8 Å². The molecule has 2 rings (SSSR count). The number of aromatic carboxylic acids is 1. The molecule has 1 aromatic carbocycles. The molecule has 0 unspecified atom stereocenters. The summed E-state index contributed by atoms with van der Waals surface area (Å²) in [7, 11) is 0. The van der Waals surface area contributed by atoms with E-state index in [1.54, 1.807) is 18.2 Å². The van der Waals surface area contributed by atoms with Gasteiger partial charge in [-0.2, -0.15) is 0 Å². The SMILES string of the molecule is CCN(Cc1cc(C(=O)O)ccc1N)C1CCCCC1. The van der Waals surface area contributed by atoms with Gasteiger partial charge in [-0.25, -0.2) is 4.79 Å². The standard InChI is InChI=1S/C16H24N2O2/c1-2-18(14-6-4-3-5-7-14)11-13-10-12(16(19)20)8-9-15(13)17/h8-10,14H,2-7,11,17H2,1H3,(H,19,20). The monoisotopic (exact) mass is 276 g/mol. The number of nitrogens with zero attached hydrogens (tertiary/aromatic N) is 1. The number of carboxylic acids is 1. The molecule has 0 bridgehead atoms. The molecule has 0 amide bonds. The number of carbonyl (C=O) groups is 1. The summed E-state index contributed by atoms with van der Waals surface area (Å²) >= 11 is 0. The van der Waals surface area contributed by atoms with E-state index in [-0.39, 0.29) is 0 Å². The molecule has 1 saturated carbocycles. The predicted octanol–water partition coefficient (Wildman–Crippen LogP) is 3.12. The first-order valence-corrected chi connectivity index (χ1v) is 7.47. The van der Waals surface area contributed by atoms with Crippen molar-refractivity contribution in [1.82, 2.24) is 4.90 Å². The van der Waals surface area contributed by atoms with E-state index in [1.165, 1.54) is 32.1 Å². The summed E-state index contributed by atoms with van der Waals surface area (Å²) in [6, 6.07) is 5.59. The molecule has 1 aliphatic rings. The molecule has 0 radical (unpaired) electrons. The predicted molar refractivity (Wildman–Crippen MR) is 80.8 cm³/mol. The zero-order valence-corrected chi connectivity index (χ0v) is 12.1. The van der Waals surface area contributed by atoms with Crippen LogP contribution >= 0.6 is 0 Å². The van der Waals surface area contributed by atoms with Crippen LogP contribution in [0.4, 0.5) is 5.69 Å². The number of nitrogens with two attached hydrogens (primary N) is 1. The van der Waals surface area contributed by atoms with E-state index in [1.807, 2.05) is 0 Å². The van der Waals surface area contributed by atoms with Crippen LogP contribution in [0, 0.1) is 0 Å². The van der Waals surface area contributed by atoms with Gasteiger partial charge in [0.25, 0.3) is 0 Å². The highest BCUT2D eigenvalue weighted by Crippen LogP contribution is 2.25. The summed E-state index contributed by atoms with van der Waals surface area (Å²) in [6.07, 6.45) is 6.42. The Balaban J connectivity index is 2.13. The maximum atomic E-state index is 11.1. The molecule has 1 fully saturated rings. The molecule has 3 N–H and O–H groups in total. The Bertz CT molecular complexity index is 468. The van der Waals surface area contributed by atoms with Crippen molar-refractivity contribution in [1.29, 1.82) is 0 Å². The number of benzene rings is 1. The number of carboxylic acid groups (broad SMARTS) is 1. The Morgan fingerprint density at radius 3 is 2.65 bits per heavy atom. The Morgan fingerprint density at radius 1 is 1.35 bits per heavy atom. The van der Waals surface area contributed by atoms with Gasteiger partial charge in [-0.1, -0.05) is 26.2 Å². The minimum Gasteiger partial charge on any atom is -0.478 e. The maximum Gasteiger partial charge on any atom is 0.335 e. The Labute approximate surface area is 120 Å². The van der Waals surface area contributed by atoms with Crippen LogP contribution in [0.25, 0.3) is 0 Å². The average molecular weight is 276 g/mol. The number of rotatable bonds is 5. The minimum atomic E-state index is -0.896. The van der Waals surface area contributed by atoms with Gasteiger partial charge in [0.1, 0.15) is 0 Å². The third-order valence-corrected chi connectivity index (χ3v) is 4.26. The minimum absolute atomic E-state index is 0.314. The first-order chi connectivity index (χ1) is 9.61. The zero-order chi connectivity index (χ0) is 14.5. The van der Waals surface area contributed by atoms with Gasteiger partial charge in [0.15, 0.2) is 0 Å². The van der Waals surface area contributed by atoms with Crippen LogP contribution in [0.15, 0.2) is 18.2 Å². The van der Waals surface area contributed by atoms with Gasteiger partial charge in [0, 0.05) is 18.3 Å². The lowest BCUT2D eigenvalue weighted by molar-refractivity contribution is 0.0696. The molecule has 20 heavy (non-hydrogen) atoms. The second-order valence-corrected chi connectivity index (χ2v) is 5.57. The van der Waals surface area contributed by atoms with Crippen molar-refractivity contribution in [3.63, 3.8) is 0 Å². The number of nitrogen functional groups attached to an aromatic ring is 1.